The van der Waals surface area contributed by atoms with Crippen LogP contribution in [0.1, 0.15) is 88.6 Å². The maximum Gasteiger partial charge on any atom is 0.315 e. The number of halogens is 1. The SMILES string of the molecule is CNC(=O)[C@]12CC1[C@@H](n1cnc3c(NCc4cccc(Cl)c4)nc(C#CCCC(=O)NCCNC(=O)CCCCCNC(=O)CCC[C@@H]4SC[C@]5(C)NC(=O)N[C@H]45)nc31)[C@H](O)[C@@H]2O. The summed E-state index contributed by atoms with van der Waals surface area (Å²) < 4.78 is 1.68. The fourth-order valence-corrected chi connectivity index (χ4v) is 11.0. The summed E-state index contributed by atoms with van der Waals surface area (Å²) >= 11 is 8.04. The lowest BCUT2D eigenvalue weighted by atomic mass is 9.92. The first-order chi connectivity index (χ1) is 30.3. The normalized spacial score (nSPS) is 26.4. The van der Waals surface area contributed by atoms with Gasteiger partial charge in [0.25, 0.3) is 0 Å². The predicted molar refractivity (Wildman–Crippen MR) is 237 cm³/mol. The van der Waals surface area contributed by atoms with E-state index in [0.717, 1.165) is 37.0 Å². The maximum absolute atomic E-state index is 12.8. The topological polar surface area (TPSA) is 254 Å². The number of aliphatic hydroxyl groups excluding tert-OH is 2. The molecule has 338 valence electrons. The van der Waals surface area contributed by atoms with Crippen LogP contribution in [0.2, 0.25) is 5.02 Å². The van der Waals surface area contributed by atoms with Gasteiger partial charge in [-0.1, -0.05) is 36.1 Å². The number of hydrogen-bond acceptors (Lipinski definition) is 12. The van der Waals surface area contributed by atoms with Crippen LogP contribution in [0, 0.1) is 23.2 Å². The number of thioether (sulfide) groups is 1. The van der Waals surface area contributed by atoms with Crippen molar-refractivity contribution in [3.8, 4) is 11.8 Å². The van der Waals surface area contributed by atoms with E-state index in [-0.39, 0.29) is 72.4 Å². The van der Waals surface area contributed by atoms with Gasteiger partial charge in [-0.2, -0.15) is 11.8 Å². The molecule has 2 saturated carbocycles. The number of nitrogens with zero attached hydrogens (tertiary/aromatic N) is 4. The number of anilines is 1. The molecule has 2 aromatic heterocycles. The molecule has 7 rings (SSSR count). The van der Waals surface area contributed by atoms with Gasteiger partial charge in [0, 0.05) is 80.9 Å². The van der Waals surface area contributed by atoms with Gasteiger partial charge < -0.3 is 52.0 Å². The van der Waals surface area contributed by atoms with Crippen molar-refractivity contribution in [3.63, 3.8) is 0 Å². The number of carbonyl (C=O) groups is 5. The Bertz CT molecular complexity index is 2270. The number of unbranched alkanes of at least 4 members (excludes halogenated alkanes) is 2. The van der Waals surface area contributed by atoms with Crippen LogP contribution in [0.25, 0.3) is 11.2 Å². The number of fused-ring (bicyclic) bond motifs is 3. The third-order valence-corrected chi connectivity index (χ3v) is 14.4. The maximum atomic E-state index is 12.8. The summed E-state index contributed by atoms with van der Waals surface area (Å²) in [6.45, 7) is 3.55. The zero-order valence-electron chi connectivity index (χ0n) is 35.5. The molecule has 0 bridgehead atoms. The second-order valence-corrected chi connectivity index (χ2v) is 18.6. The minimum atomic E-state index is -1.25. The zero-order valence-corrected chi connectivity index (χ0v) is 37.0. The second-order valence-electron chi connectivity index (χ2n) is 17.0. The molecule has 63 heavy (non-hydrogen) atoms. The van der Waals surface area contributed by atoms with Gasteiger partial charge in [-0.05, 0) is 62.6 Å². The minimum absolute atomic E-state index is 0.0180. The highest BCUT2D eigenvalue weighted by Crippen LogP contribution is 2.67. The Morgan fingerprint density at radius 3 is 2.51 bits per heavy atom. The highest BCUT2D eigenvalue weighted by Gasteiger charge is 2.75. The molecule has 4 heterocycles. The quantitative estimate of drug-likeness (QED) is 0.0448. The number of nitrogens with one attached hydrogen (secondary N) is 7. The number of amides is 6. The van der Waals surface area contributed by atoms with Crippen LogP contribution < -0.4 is 37.2 Å². The van der Waals surface area contributed by atoms with Crippen LogP contribution in [0.15, 0.2) is 30.6 Å². The second kappa shape index (κ2) is 20.1. The third kappa shape index (κ3) is 10.5. The molecule has 1 unspecified atom stereocenters. The molecule has 3 aromatic rings. The number of aromatic nitrogens is 4. The molecular formula is C43H56ClN11O7S. The number of benzene rings is 1. The lowest BCUT2D eigenvalue weighted by Gasteiger charge is -2.23. The summed E-state index contributed by atoms with van der Waals surface area (Å²) in [5, 5.41) is 43.5. The fraction of sp³-hybridized carbons (Fsp3) is 0.581. The third-order valence-electron chi connectivity index (χ3n) is 12.5. The number of hydrogen-bond donors (Lipinski definition) is 9. The lowest BCUT2D eigenvalue weighted by molar-refractivity contribution is -0.132. The molecule has 2 aliphatic heterocycles. The zero-order chi connectivity index (χ0) is 44.7. The van der Waals surface area contributed by atoms with Crippen molar-refractivity contribution in [1.82, 2.24) is 51.4 Å². The minimum Gasteiger partial charge on any atom is -0.389 e. The van der Waals surface area contributed by atoms with E-state index in [1.807, 2.05) is 30.0 Å². The van der Waals surface area contributed by atoms with E-state index in [0.29, 0.717) is 72.6 Å². The molecule has 18 nitrogen and oxygen atoms in total. The first-order valence-corrected chi connectivity index (χ1v) is 23.1. The Balaban J connectivity index is 0.807. The van der Waals surface area contributed by atoms with Crippen LogP contribution in [-0.2, 0) is 25.7 Å². The van der Waals surface area contributed by atoms with Crippen molar-refractivity contribution in [2.24, 2.45) is 11.3 Å². The molecule has 1 aromatic carbocycles. The van der Waals surface area contributed by atoms with Crippen molar-refractivity contribution >= 4 is 70.0 Å². The van der Waals surface area contributed by atoms with Crippen molar-refractivity contribution in [3.05, 3.63) is 47.0 Å². The van der Waals surface area contributed by atoms with Gasteiger partial charge in [-0.25, -0.2) is 19.7 Å². The summed E-state index contributed by atoms with van der Waals surface area (Å²) in [5.74, 6) is 6.39. The Morgan fingerprint density at radius 1 is 1.00 bits per heavy atom. The van der Waals surface area contributed by atoms with Crippen LogP contribution >= 0.6 is 23.4 Å². The Labute approximate surface area is 375 Å². The number of rotatable bonds is 20. The van der Waals surface area contributed by atoms with E-state index in [4.69, 9.17) is 11.6 Å². The van der Waals surface area contributed by atoms with Gasteiger partial charge in [-0.3, -0.25) is 19.2 Å². The molecule has 4 aliphatic rings. The molecule has 2 aliphatic carbocycles. The smallest absolute Gasteiger partial charge is 0.315 e. The Kier molecular flexibility index (Phi) is 14.6. The van der Waals surface area contributed by atoms with E-state index >= 15 is 0 Å². The molecule has 0 spiro atoms. The van der Waals surface area contributed by atoms with Crippen LogP contribution in [-0.4, -0.2) is 121 Å². The van der Waals surface area contributed by atoms with Gasteiger partial charge in [0.05, 0.1) is 35.5 Å². The summed E-state index contributed by atoms with van der Waals surface area (Å²) in [6, 6.07) is 6.69. The monoisotopic (exact) mass is 905 g/mol. The molecule has 20 heteroatoms. The van der Waals surface area contributed by atoms with E-state index < -0.39 is 23.7 Å². The van der Waals surface area contributed by atoms with Gasteiger partial charge in [0.15, 0.2) is 17.0 Å². The van der Waals surface area contributed by atoms with Crippen molar-refractivity contribution in [2.45, 2.75) is 113 Å². The summed E-state index contributed by atoms with van der Waals surface area (Å²) in [6.07, 6.45) is 4.50. The Morgan fingerprint density at radius 2 is 1.75 bits per heavy atom. The van der Waals surface area contributed by atoms with Crippen molar-refractivity contribution in [1.29, 1.82) is 0 Å². The Hall–Kier alpha value is -5.16. The molecule has 8 atom stereocenters. The number of aliphatic hydroxyl groups is 2. The summed E-state index contributed by atoms with van der Waals surface area (Å²) in [7, 11) is 1.51. The number of imidazole rings is 1. The molecule has 0 radical (unpaired) electrons. The summed E-state index contributed by atoms with van der Waals surface area (Å²) in [4.78, 5) is 75.5. The first-order valence-electron chi connectivity index (χ1n) is 21.6. The molecular weight excluding hydrogens is 850 g/mol. The lowest BCUT2D eigenvalue weighted by Crippen LogP contribution is -2.47. The average molecular weight is 907 g/mol. The van der Waals surface area contributed by atoms with Crippen molar-refractivity contribution in [2.75, 3.05) is 37.8 Å². The van der Waals surface area contributed by atoms with Crippen LogP contribution in [0.3, 0.4) is 0 Å². The largest absolute Gasteiger partial charge is 0.389 e. The van der Waals surface area contributed by atoms with E-state index in [1.165, 1.54) is 13.4 Å². The van der Waals surface area contributed by atoms with Crippen LogP contribution in [0.4, 0.5) is 10.6 Å². The van der Waals surface area contributed by atoms with Crippen LogP contribution in [0.5, 0.6) is 0 Å². The standard InChI is InChI=1S/C43H56ClN11O7S/c1-42-23-63-28(36(42)53-41(62)54-42)12-9-16-32(58)46-17-7-3-4-14-30(56)47-18-19-48-31(57)15-6-5-13-29-51-38(49-22-25-10-8-11-26(44)20-25)33-39(52-29)55(24-50-33)34-27-21-43(27,40(61)45-2)37(60)35(34)59/h8,10-11,20,24,27-28,34-37,59-60H,3-4,6-7,9,12,14-19,21-23H2,1-2H3,(H,45,61)(H,46,58)(H,47,56)(H,48,57)(H,49,51,52)(H2,53,54,62)/t27?,28-,34+,35-,36+,37-,42-,43+/m0/s1. The van der Waals surface area contributed by atoms with Crippen molar-refractivity contribution < 1.29 is 34.2 Å². The highest BCUT2D eigenvalue weighted by atomic mass is 35.5. The predicted octanol–water partition coefficient (Wildman–Crippen LogP) is 1.89. The molecule has 9 N–H and O–H groups in total. The van der Waals surface area contributed by atoms with Gasteiger partial charge in [0.1, 0.15) is 6.10 Å². The first kappa shape index (κ1) is 45.9. The number of carbonyl (C=O) groups excluding carboxylic acids is 5. The van der Waals surface area contributed by atoms with Gasteiger partial charge >= 0.3 is 6.03 Å². The van der Waals surface area contributed by atoms with E-state index in [9.17, 15) is 34.2 Å². The van der Waals surface area contributed by atoms with Gasteiger partial charge in [-0.15, -0.1) is 0 Å². The average Bonchev–Trinajstić information content (AvgIpc) is 3.41. The number of urea groups is 1. The van der Waals surface area contributed by atoms with Gasteiger partial charge in [0.2, 0.25) is 29.5 Å². The molecule has 4 fully saturated rings. The van der Waals surface area contributed by atoms with E-state index in [2.05, 4.69) is 70.9 Å². The fourth-order valence-electron chi connectivity index (χ4n) is 9.13. The highest BCUT2D eigenvalue weighted by molar-refractivity contribution is 8.00. The molecule has 2 saturated heterocycles. The van der Waals surface area contributed by atoms with E-state index in [1.54, 1.807) is 10.6 Å². The molecule has 6 amide bonds. The summed E-state index contributed by atoms with van der Waals surface area (Å²) in [5.41, 5.74) is 0.402.